The van der Waals surface area contributed by atoms with Crippen LogP contribution in [0.1, 0.15) is 10.5 Å². The molecule has 0 spiro atoms. The van der Waals surface area contributed by atoms with Crippen molar-refractivity contribution in [2.45, 2.75) is 0 Å². The Bertz CT molecular complexity index is 937. The van der Waals surface area contributed by atoms with Crippen molar-refractivity contribution in [1.82, 2.24) is 15.1 Å². The van der Waals surface area contributed by atoms with Crippen LogP contribution in [0.15, 0.2) is 66.7 Å². The third kappa shape index (κ3) is 4.45. The molecule has 0 bridgehead atoms. The van der Waals surface area contributed by atoms with Crippen LogP contribution < -0.4 is 15.0 Å². The topological polar surface area (TPSA) is 70.6 Å². The molecule has 1 aliphatic heterocycles. The van der Waals surface area contributed by atoms with Crippen molar-refractivity contribution < 1.29 is 9.53 Å². The molecule has 1 aliphatic rings. The fraction of sp³-hybridized carbons (Fsp3) is 0.227. The Hall–Kier alpha value is -3.61. The summed E-state index contributed by atoms with van der Waals surface area (Å²) in [6, 6.07) is 21.3. The third-order valence-electron chi connectivity index (χ3n) is 4.93. The number of benzene rings is 2. The molecule has 7 heteroatoms. The second-order valence-electron chi connectivity index (χ2n) is 6.77. The number of nitrogens with one attached hydrogen (secondary N) is 1. The van der Waals surface area contributed by atoms with Gasteiger partial charge in [-0.05, 0) is 48.5 Å². The standard InChI is InChI=1S/C22H23N5O2/c1-29-19-9-7-17(8-10-19)23-21-12-11-20(24-25-21)22(28)27-15-13-26(14-16-27)18-5-3-2-4-6-18/h2-12H,13-16H2,1H3,(H,23,25). The van der Waals surface area contributed by atoms with Crippen molar-refractivity contribution in [1.29, 1.82) is 0 Å². The molecule has 4 rings (SSSR count). The van der Waals surface area contributed by atoms with Gasteiger partial charge in [0, 0.05) is 37.6 Å². The molecule has 1 amide bonds. The van der Waals surface area contributed by atoms with E-state index in [2.05, 4.69) is 32.5 Å². The van der Waals surface area contributed by atoms with Crippen molar-refractivity contribution in [3.05, 3.63) is 72.4 Å². The molecule has 3 aromatic rings. The van der Waals surface area contributed by atoms with Gasteiger partial charge in [0.25, 0.3) is 5.91 Å². The highest BCUT2D eigenvalue weighted by Crippen LogP contribution is 2.19. The number of piperazine rings is 1. The van der Waals surface area contributed by atoms with Gasteiger partial charge < -0.3 is 19.9 Å². The average Bonchev–Trinajstić information content (AvgIpc) is 2.80. The van der Waals surface area contributed by atoms with Crippen LogP contribution in [-0.2, 0) is 0 Å². The van der Waals surface area contributed by atoms with Gasteiger partial charge in [-0.3, -0.25) is 4.79 Å². The molecule has 0 atom stereocenters. The second-order valence-corrected chi connectivity index (χ2v) is 6.77. The van der Waals surface area contributed by atoms with E-state index in [0.29, 0.717) is 24.6 Å². The molecular weight excluding hydrogens is 366 g/mol. The van der Waals surface area contributed by atoms with Gasteiger partial charge in [0.2, 0.25) is 0 Å². The predicted molar refractivity (Wildman–Crippen MR) is 113 cm³/mol. The van der Waals surface area contributed by atoms with Crippen LogP contribution in [0.3, 0.4) is 0 Å². The Morgan fingerprint density at radius 3 is 2.24 bits per heavy atom. The molecule has 0 saturated carbocycles. The van der Waals surface area contributed by atoms with Crippen molar-refractivity contribution in [2.75, 3.05) is 43.5 Å². The van der Waals surface area contributed by atoms with E-state index in [1.165, 1.54) is 5.69 Å². The number of anilines is 3. The molecule has 2 aromatic carbocycles. The summed E-state index contributed by atoms with van der Waals surface area (Å²) in [7, 11) is 1.63. The minimum Gasteiger partial charge on any atom is -0.497 e. The van der Waals surface area contributed by atoms with Crippen LogP contribution in [-0.4, -0.2) is 54.3 Å². The summed E-state index contributed by atoms with van der Waals surface area (Å²) in [5.41, 5.74) is 2.42. The first-order valence-electron chi connectivity index (χ1n) is 9.57. The lowest BCUT2D eigenvalue weighted by Crippen LogP contribution is -2.49. The quantitative estimate of drug-likeness (QED) is 0.723. The minimum absolute atomic E-state index is 0.0822. The molecule has 7 nitrogen and oxygen atoms in total. The van der Waals surface area contributed by atoms with Gasteiger partial charge in [0.15, 0.2) is 11.5 Å². The lowest BCUT2D eigenvalue weighted by molar-refractivity contribution is 0.0739. The van der Waals surface area contributed by atoms with E-state index < -0.39 is 0 Å². The molecule has 0 unspecified atom stereocenters. The highest BCUT2D eigenvalue weighted by atomic mass is 16.5. The summed E-state index contributed by atoms with van der Waals surface area (Å²) in [5.74, 6) is 1.29. The fourth-order valence-corrected chi connectivity index (χ4v) is 3.30. The normalized spacial score (nSPS) is 13.8. The molecular formula is C22H23N5O2. The van der Waals surface area contributed by atoms with Gasteiger partial charge in [-0.25, -0.2) is 0 Å². The van der Waals surface area contributed by atoms with E-state index in [1.54, 1.807) is 19.2 Å². The van der Waals surface area contributed by atoms with E-state index >= 15 is 0 Å². The summed E-state index contributed by atoms with van der Waals surface area (Å²) < 4.78 is 5.15. The first-order chi connectivity index (χ1) is 14.2. The van der Waals surface area contributed by atoms with Gasteiger partial charge in [-0.1, -0.05) is 18.2 Å². The smallest absolute Gasteiger partial charge is 0.274 e. The van der Waals surface area contributed by atoms with E-state index in [4.69, 9.17) is 4.74 Å². The van der Waals surface area contributed by atoms with Crippen LogP contribution in [0.2, 0.25) is 0 Å². The minimum atomic E-state index is -0.0822. The van der Waals surface area contributed by atoms with Gasteiger partial charge >= 0.3 is 0 Å². The lowest BCUT2D eigenvalue weighted by Gasteiger charge is -2.35. The maximum atomic E-state index is 12.8. The van der Waals surface area contributed by atoms with Gasteiger partial charge in [0.05, 0.1) is 7.11 Å². The first-order valence-corrected chi connectivity index (χ1v) is 9.57. The number of hydrogen-bond donors (Lipinski definition) is 1. The van der Waals surface area contributed by atoms with E-state index in [1.807, 2.05) is 47.4 Å². The molecule has 1 saturated heterocycles. The summed E-state index contributed by atoms with van der Waals surface area (Å²) >= 11 is 0. The Morgan fingerprint density at radius 1 is 0.897 bits per heavy atom. The summed E-state index contributed by atoms with van der Waals surface area (Å²) in [4.78, 5) is 16.9. The van der Waals surface area contributed by atoms with E-state index in [9.17, 15) is 4.79 Å². The Balaban J connectivity index is 1.34. The molecule has 148 valence electrons. The monoisotopic (exact) mass is 389 g/mol. The maximum Gasteiger partial charge on any atom is 0.274 e. The van der Waals surface area contributed by atoms with Gasteiger partial charge in [0.1, 0.15) is 5.75 Å². The van der Waals surface area contributed by atoms with E-state index in [0.717, 1.165) is 24.5 Å². The van der Waals surface area contributed by atoms with Crippen LogP contribution in [0.25, 0.3) is 0 Å². The van der Waals surface area contributed by atoms with Crippen molar-refractivity contribution in [3.63, 3.8) is 0 Å². The number of rotatable bonds is 5. The largest absolute Gasteiger partial charge is 0.497 e. The molecule has 2 heterocycles. The Morgan fingerprint density at radius 2 is 1.62 bits per heavy atom. The molecule has 1 N–H and O–H groups in total. The van der Waals surface area contributed by atoms with Crippen molar-refractivity contribution >= 4 is 23.1 Å². The molecule has 1 fully saturated rings. The Labute approximate surface area is 169 Å². The molecule has 0 radical (unpaired) electrons. The highest BCUT2D eigenvalue weighted by Gasteiger charge is 2.23. The van der Waals surface area contributed by atoms with Crippen LogP contribution >= 0.6 is 0 Å². The average molecular weight is 389 g/mol. The Kier molecular flexibility index (Phi) is 5.56. The number of carbonyl (C=O) groups is 1. The highest BCUT2D eigenvalue weighted by molar-refractivity contribution is 5.92. The number of carbonyl (C=O) groups excluding carboxylic acids is 1. The summed E-state index contributed by atoms with van der Waals surface area (Å²) in [6.07, 6.45) is 0. The van der Waals surface area contributed by atoms with Crippen molar-refractivity contribution in [3.8, 4) is 5.75 Å². The van der Waals surface area contributed by atoms with Crippen molar-refractivity contribution in [2.24, 2.45) is 0 Å². The zero-order valence-corrected chi connectivity index (χ0v) is 16.3. The van der Waals surface area contributed by atoms with E-state index in [-0.39, 0.29) is 5.91 Å². The van der Waals surface area contributed by atoms with Gasteiger partial charge in [-0.15, -0.1) is 10.2 Å². The number of nitrogens with zero attached hydrogens (tertiary/aromatic N) is 4. The summed E-state index contributed by atoms with van der Waals surface area (Å²) in [6.45, 7) is 2.95. The number of hydrogen-bond acceptors (Lipinski definition) is 6. The number of aromatic nitrogens is 2. The second kappa shape index (κ2) is 8.60. The predicted octanol–water partition coefficient (Wildman–Crippen LogP) is 3.19. The summed E-state index contributed by atoms with van der Waals surface area (Å²) in [5, 5.41) is 11.4. The van der Waals surface area contributed by atoms with Crippen LogP contribution in [0.4, 0.5) is 17.2 Å². The number of amides is 1. The zero-order valence-electron chi connectivity index (χ0n) is 16.3. The zero-order chi connectivity index (χ0) is 20.1. The lowest BCUT2D eigenvalue weighted by atomic mass is 10.2. The van der Waals surface area contributed by atoms with Crippen LogP contribution in [0, 0.1) is 0 Å². The first kappa shape index (κ1) is 18.7. The number of methoxy groups -OCH3 is 1. The molecule has 29 heavy (non-hydrogen) atoms. The number of para-hydroxylation sites is 1. The maximum absolute atomic E-state index is 12.8. The van der Waals surface area contributed by atoms with Crippen LogP contribution in [0.5, 0.6) is 5.75 Å². The molecule has 1 aromatic heterocycles. The SMILES string of the molecule is COc1ccc(Nc2ccc(C(=O)N3CCN(c4ccccc4)CC3)nn2)cc1. The molecule has 0 aliphatic carbocycles. The van der Waals surface area contributed by atoms with Gasteiger partial charge in [-0.2, -0.15) is 0 Å². The fourth-order valence-electron chi connectivity index (χ4n) is 3.30. The number of ether oxygens (including phenoxy) is 1. The third-order valence-corrected chi connectivity index (χ3v) is 4.93.